The number of nitrogens with zero attached hydrogens (tertiary/aromatic N) is 4. The molecule has 0 aromatic carbocycles. The molecule has 0 aliphatic carbocycles. The zero-order chi connectivity index (χ0) is 14.7. The van der Waals surface area contributed by atoms with Gasteiger partial charge in [0.1, 0.15) is 11.6 Å². The van der Waals surface area contributed by atoms with E-state index in [1.54, 1.807) is 0 Å². The number of fused-ring (bicyclic) bond motifs is 1. The van der Waals surface area contributed by atoms with Crippen LogP contribution in [0.15, 0.2) is 12.5 Å². The number of rotatable bonds is 4. The molecule has 2 aromatic heterocycles. The second-order valence-electron chi connectivity index (χ2n) is 5.32. The first-order chi connectivity index (χ1) is 10.3. The summed E-state index contributed by atoms with van der Waals surface area (Å²) >= 11 is 0. The van der Waals surface area contributed by atoms with Crippen LogP contribution in [0.3, 0.4) is 0 Å². The number of anilines is 1. The van der Waals surface area contributed by atoms with Gasteiger partial charge in [0, 0.05) is 31.3 Å². The minimum absolute atomic E-state index is 0.740. The van der Waals surface area contributed by atoms with Gasteiger partial charge in [0.05, 0.1) is 24.3 Å². The fourth-order valence-corrected chi connectivity index (χ4v) is 2.77. The van der Waals surface area contributed by atoms with Gasteiger partial charge in [-0.1, -0.05) is 0 Å². The Labute approximate surface area is 125 Å². The lowest BCUT2D eigenvalue weighted by atomic mass is 10.1. The van der Waals surface area contributed by atoms with Crippen molar-refractivity contribution in [2.75, 3.05) is 18.4 Å². The normalized spacial score (nSPS) is 14.6. The molecule has 0 spiro atoms. The molecule has 21 heavy (non-hydrogen) atoms. The van der Waals surface area contributed by atoms with Gasteiger partial charge in [0.25, 0.3) is 0 Å². The molecule has 1 aliphatic rings. The number of aromatic nitrogens is 4. The molecule has 0 radical (unpaired) electrons. The van der Waals surface area contributed by atoms with Crippen LogP contribution < -0.4 is 10.6 Å². The van der Waals surface area contributed by atoms with Gasteiger partial charge in [-0.3, -0.25) is 0 Å². The first-order valence-corrected chi connectivity index (χ1v) is 7.58. The molecule has 0 saturated heterocycles. The molecule has 3 rings (SSSR count). The van der Waals surface area contributed by atoms with Crippen molar-refractivity contribution >= 4 is 5.82 Å². The number of nitrogens with one attached hydrogen (secondary N) is 2. The van der Waals surface area contributed by atoms with E-state index in [1.807, 2.05) is 19.4 Å². The molecule has 0 atom stereocenters. The Hall–Kier alpha value is -1.95. The van der Waals surface area contributed by atoms with Crippen molar-refractivity contribution in [3.8, 4) is 0 Å². The fourth-order valence-electron chi connectivity index (χ4n) is 2.77. The van der Waals surface area contributed by atoms with E-state index >= 15 is 0 Å². The SMILES string of the molecule is CCn1cncc1CNc1nc(C)nc2c1CCNCC2. The van der Waals surface area contributed by atoms with Crippen molar-refractivity contribution < 1.29 is 0 Å². The molecule has 2 N–H and O–H groups in total. The van der Waals surface area contributed by atoms with E-state index in [4.69, 9.17) is 0 Å². The third kappa shape index (κ3) is 3.05. The van der Waals surface area contributed by atoms with Crippen molar-refractivity contribution in [2.45, 2.75) is 39.8 Å². The standard InChI is InChI=1S/C15H22N6/c1-3-21-10-17-8-12(21)9-18-15-13-4-6-16-7-5-14(13)19-11(2)20-15/h8,10,16H,3-7,9H2,1-2H3,(H,18,19,20). The minimum Gasteiger partial charge on any atom is -0.364 e. The molecule has 0 unspecified atom stereocenters. The lowest BCUT2D eigenvalue weighted by Gasteiger charge is -2.14. The molecule has 0 amide bonds. The van der Waals surface area contributed by atoms with E-state index in [2.05, 4.69) is 37.1 Å². The average molecular weight is 286 g/mol. The van der Waals surface area contributed by atoms with Crippen molar-refractivity contribution in [1.82, 2.24) is 24.8 Å². The highest BCUT2D eigenvalue weighted by atomic mass is 15.1. The van der Waals surface area contributed by atoms with E-state index in [0.717, 1.165) is 50.7 Å². The summed E-state index contributed by atoms with van der Waals surface area (Å²) in [6.45, 7) is 7.73. The molecule has 3 heterocycles. The first-order valence-electron chi connectivity index (χ1n) is 7.58. The maximum Gasteiger partial charge on any atom is 0.133 e. The summed E-state index contributed by atoms with van der Waals surface area (Å²) in [5, 5.41) is 6.90. The number of hydrogen-bond acceptors (Lipinski definition) is 5. The Balaban J connectivity index is 1.83. The van der Waals surface area contributed by atoms with Gasteiger partial charge in [-0.05, 0) is 26.8 Å². The number of imidazole rings is 1. The van der Waals surface area contributed by atoms with Crippen molar-refractivity contribution in [1.29, 1.82) is 0 Å². The molecule has 0 fully saturated rings. The molecule has 6 heteroatoms. The molecule has 6 nitrogen and oxygen atoms in total. The molecule has 2 aromatic rings. The van der Waals surface area contributed by atoms with Gasteiger partial charge >= 0.3 is 0 Å². The first kappa shape index (κ1) is 14.0. The highest BCUT2D eigenvalue weighted by Gasteiger charge is 2.15. The predicted molar refractivity (Wildman–Crippen MR) is 82.3 cm³/mol. The largest absolute Gasteiger partial charge is 0.364 e. The van der Waals surface area contributed by atoms with Gasteiger partial charge in [0.2, 0.25) is 0 Å². The van der Waals surface area contributed by atoms with Gasteiger partial charge in [-0.2, -0.15) is 0 Å². The van der Waals surface area contributed by atoms with Gasteiger partial charge in [-0.15, -0.1) is 0 Å². The van der Waals surface area contributed by atoms with Crippen LogP contribution in [0.5, 0.6) is 0 Å². The molecular formula is C15H22N6. The van der Waals surface area contributed by atoms with E-state index in [1.165, 1.54) is 17.0 Å². The Morgan fingerprint density at radius 2 is 2.14 bits per heavy atom. The summed E-state index contributed by atoms with van der Waals surface area (Å²) in [4.78, 5) is 13.4. The zero-order valence-electron chi connectivity index (χ0n) is 12.7. The molecule has 112 valence electrons. The summed E-state index contributed by atoms with van der Waals surface area (Å²) in [6, 6.07) is 0. The molecule has 1 aliphatic heterocycles. The van der Waals surface area contributed by atoms with Crippen LogP contribution in [0.2, 0.25) is 0 Å². The smallest absolute Gasteiger partial charge is 0.133 e. The summed E-state index contributed by atoms with van der Waals surface area (Å²) in [5.74, 6) is 1.81. The van der Waals surface area contributed by atoms with Gasteiger partial charge < -0.3 is 15.2 Å². The van der Waals surface area contributed by atoms with Crippen LogP contribution >= 0.6 is 0 Å². The van der Waals surface area contributed by atoms with Gasteiger partial charge in [-0.25, -0.2) is 15.0 Å². The van der Waals surface area contributed by atoms with Crippen LogP contribution in [0, 0.1) is 6.92 Å². The lowest BCUT2D eigenvalue weighted by molar-refractivity contribution is 0.708. The summed E-state index contributed by atoms with van der Waals surface area (Å²) in [6.07, 6.45) is 5.72. The highest BCUT2D eigenvalue weighted by molar-refractivity contribution is 5.47. The highest BCUT2D eigenvalue weighted by Crippen LogP contribution is 2.20. The quantitative estimate of drug-likeness (QED) is 0.887. The van der Waals surface area contributed by atoms with Crippen molar-refractivity contribution in [3.63, 3.8) is 0 Å². The summed E-state index contributed by atoms with van der Waals surface area (Å²) in [5.41, 5.74) is 3.61. The van der Waals surface area contributed by atoms with E-state index in [0.29, 0.717) is 0 Å². The van der Waals surface area contributed by atoms with Crippen LogP contribution in [-0.4, -0.2) is 32.6 Å². The second-order valence-corrected chi connectivity index (χ2v) is 5.32. The maximum atomic E-state index is 4.60. The molecular weight excluding hydrogens is 264 g/mol. The van der Waals surface area contributed by atoms with E-state index in [-0.39, 0.29) is 0 Å². The van der Waals surface area contributed by atoms with Crippen LogP contribution in [-0.2, 0) is 25.9 Å². The fraction of sp³-hybridized carbons (Fsp3) is 0.533. The Morgan fingerprint density at radius 3 is 3.00 bits per heavy atom. The zero-order valence-corrected chi connectivity index (χ0v) is 12.7. The predicted octanol–water partition coefficient (Wildman–Crippen LogP) is 1.30. The Bertz CT molecular complexity index is 619. The minimum atomic E-state index is 0.740. The molecule has 0 saturated carbocycles. The third-order valence-electron chi connectivity index (χ3n) is 3.87. The number of aryl methyl sites for hydroxylation is 2. The monoisotopic (exact) mass is 286 g/mol. The topological polar surface area (TPSA) is 67.7 Å². The summed E-state index contributed by atoms with van der Waals surface area (Å²) < 4.78 is 2.14. The van der Waals surface area contributed by atoms with Crippen molar-refractivity contribution in [2.24, 2.45) is 0 Å². The van der Waals surface area contributed by atoms with Crippen LogP contribution in [0.25, 0.3) is 0 Å². The number of hydrogen-bond donors (Lipinski definition) is 2. The van der Waals surface area contributed by atoms with E-state index in [9.17, 15) is 0 Å². The lowest BCUT2D eigenvalue weighted by Crippen LogP contribution is -2.16. The Morgan fingerprint density at radius 1 is 1.29 bits per heavy atom. The summed E-state index contributed by atoms with van der Waals surface area (Å²) in [7, 11) is 0. The Kier molecular flexibility index (Phi) is 4.15. The average Bonchev–Trinajstić information content (AvgIpc) is 2.81. The van der Waals surface area contributed by atoms with Crippen molar-refractivity contribution in [3.05, 3.63) is 35.3 Å². The second kappa shape index (κ2) is 6.22. The third-order valence-corrected chi connectivity index (χ3v) is 3.87. The van der Waals surface area contributed by atoms with E-state index < -0.39 is 0 Å². The molecule has 0 bridgehead atoms. The van der Waals surface area contributed by atoms with Crippen LogP contribution in [0.4, 0.5) is 5.82 Å². The van der Waals surface area contributed by atoms with Crippen LogP contribution in [0.1, 0.15) is 29.7 Å². The maximum absolute atomic E-state index is 4.60. The van der Waals surface area contributed by atoms with Gasteiger partial charge in [0.15, 0.2) is 0 Å².